The van der Waals surface area contributed by atoms with Gasteiger partial charge in [-0.2, -0.15) is 5.53 Å². The smallest absolute Gasteiger partial charge is 0.155 e. The molecule has 28 heavy (non-hydrogen) atoms. The number of nitrogens with zero attached hydrogens (tertiary/aromatic N) is 3. The first kappa shape index (κ1) is 22.0. The number of hydrogen-bond donors (Lipinski definition) is 2. The molecule has 150 valence electrons. The Balaban J connectivity index is 2.69. The molecule has 3 N–H and O–H groups in total. The molecule has 0 unspecified atom stereocenters. The third-order valence-electron chi connectivity index (χ3n) is 4.72. The summed E-state index contributed by atoms with van der Waals surface area (Å²) in [5.74, 6) is 0.275. The summed E-state index contributed by atoms with van der Waals surface area (Å²) in [5, 5.41) is 6.87. The Hall–Kier alpha value is -2.34. The summed E-state index contributed by atoms with van der Waals surface area (Å²) in [5.41, 5.74) is 17.5. The molecule has 0 aliphatic rings. The van der Waals surface area contributed by atoms with Crippen molar-refractivity contribution in [3.8, 4) is 11.1 Å². The van der Waals surface area contributed by atoms with Gasteiger partial charge in [-0.3, -0.25) is 0 Å². The first-order valence-electron chi connectivity index (χ1n) is 9.88. The minimum absolute atomic E-state index is 0.275. The fourth-order valence-corrected chi connectivity index (χ4v) is 3.89. The quantitative estimate of drug-likeness (QED) is 0.157. The first-order valence-corrected chi connectivity index (χ1v) is 11.1. The van der Waals surface area contributed by atoms with Gasteiger partial charge in [-0.05, 0) is 36.8 Å². The number of hydrogen-bond acceptors (Lipinski definition) is 4. The predicted octanol–water partition coefficient (Wildman–Crippen LogP) is 6.13. The largest absolute Gasteiger partial charge is 0.382 e. The molecular formula is C22H31N5S. The van der Waals surface area contributed by atoms with E-state index in [2.05, 4.69) is 71.7 Å². The lowest BCUT2D eigenvalue weighted by molar-refractivity contribution is 0.678. The van der Waals surface area contributed by atoms with E-state index in [4.69, 9.17) is 11.3 Å². The zero-order chi connectivity index (χ0) is 20.4. The van der Waals surface area contributed by atoms with Crippen LogP contribution in [0, 0.1) is 5.53 Å². The summed E-state index contributed by atoms with van der Waals surface area (Å²) >= 11 is 1.70. The Morgan fingerprint density at radius 2 is 1.71 bits per heavy atom. The predicted molar refractivity (Wildman–Crippen MR) is 122 cm³/mol. The lowest BCUT2D eigenvalue weighted by Crippen LogP contribution is -2.27. The molecule has 0 aliphatic heterocycles. The third-order valence-corrected chi connectivity index (χ3v) is 5.48. The van der Waals surface area contributed by atoms with Gasteiger partial charge in [0, 0.05) is 34.8 Å². The number of unbranched alkanes of at least 4 members (excludes halogenated alkanes) is 2. The molecule has 2 aromatic carbocycles. The topological polar surface area (TPSA) is 77.8 Å². The Kier molecular flexibility index (Phi) is 9.01. The average molecular weight is 398 g/mol. The maximum atomic E-state index is 7.02. The number of anilines is 1. The Labute approximate surface area is 172 Å². The van der Waals surface area contributed by atoms with Crippen molar-refractivity contribution in [1.29, 1.82) is 5.53 Å². The zero-order valence-corrected chi connectivity index (χ0v) is 17.9. The maximum Gasteiger partial charge on any atom is 0.155 e. The van der Waals surface area contributed by atoms with Crippen LogP contribution in [0.2, 0.25) is 0 Å². The molecule has 0 heterocycles. The van der Waals surface area contributed by atoms with Crippen LogP contribution in [0.15, 0.2) is 57.7 Å². The SMILES string of the molecule is CCCCN(CCCC)c1cc(C(N)=NN=N)cc(SC)c1-c1ccccc1. The van der Waals surface area contributed by atoms with E-state index in [-0.39, 0.29) is 5.84 Å². The molecule has 0 saturated carbocycles. The summed E-state index contributed by atoms with van der Waals surface area (Å²) in [7, 11) is 0. The highest BCUT2D eigenvalue weighted by molar-refractivity contribution is 7.98. The minimum atomic E-state index is 0.275. The van der Waals surface area contributed by atoms with Gasteiger partial charge in [-0.15, -0.1) is 16.9 Å². The molecule has 2 aromatic rings. The standard InChI is InChI=1S/C22H31N5S/c1-4-6-13-27(14-7-5-2)19-15-18(22(23)25-26-24)16-20(28-3)21(19)17-11-9-8-10-12-17/h8-12,15-16H,4-7,13-14H2,1-3H3,(H3,23,24,25). The Morgan fingerprint density at radius 3 is 2.25 bits per heavy atom. The number of benzene rings is 2. The van der Waals surface area contributed by atoms with Gasteiger partial charge in [0.15, 0.2) is 5.84 Å². The first-order chi connectivity index (χ1) is 13.7. The Morgan fingerprint density at radius 1 is 1.07 bits per heavy atom. The fourth-order valence-electron chi connectivity index (χ4n) is 3.22. The molecule has 0 atom stereocenters. The van der Waals surface area contributed by atoms with Gasteiger partial charge in [0.25, 0.3) is 0 Å². The normalized spacial score (nSPS) is 11.5. The molecule has 0 saturated heterocycles. The zero-order valence-electron chi connectivity index (χ0n) is 17.1. The van der Waals surface area contributed by atoms with Gasteiger partial charge < -0.3 is 10.6 Å². The number of amidine groups is 1. The van der Waals surface area contributed by atoms with Crippen LogP contribution in [0.5, 0.6) is 0 Å². The number of nitrogens with two attached hydrogens (primary N) is 1. The van der Waals surface area contributed by atoms with E-state index in [1.54, 1.807) is 11.8 Å². The molecule has 2 rings (SSSR count). The highest BCUT2D eigenvalue weighted by atomic mass is 32.2. The number of rotatable bonds is 11. The lowest BCUT2D eigenvalue weighted by atomic mass is 9.99. The van der Waals surface area contributed by atoms with E-state index in [1.807, 2.05) is 6.07 Å². The van der Waals surface area contributed by atoms with Crippen molar-refractivity contribution >= 4 is 23.3 Å². The van der Waals surface area contributed by atoms with Crippen LogP contribution in [0.4, 0.5) is 5.69 Å². The highest BCUT2D eigenvalue weighted by Crippen LogP contribution is 2.40. The summed E-state index contributed by atoms with van der Waals surface area (Å²) in [4.78, 5) is 3.63. The lowest BCUT2D eigenvalue weighted by Gasteiger charge is -2.29. The van der Waals surface area contributed by atoms with Crippen LogP contribution < -0.4 is 10.6 Å². The van der Waals surface area contributed by atoms with Gasteiger partial charge in [-0.1, -0.05) is 62.2 Å². The van der Waals surface area contributed by atoms with Crippen LogP contribution in [0.1, 0.15) is 45.1 Å². The van der Waals surface area contributed by atoms with Crippen molar-refractivity contribution < 1.29 is 0 Å². The summed E-state index contributed by atoms with van der Waals surface area (Å²) in [6.45, 7) is 6.46. The molecule has 0 aromatic heterocycles. The second-order valence-electron chi connectivity index (χ2n) is 6.72. The summed E-state index contributed by atoms with van der Waals surface area (Å²) < 4.78 is 0. The molecule has 0 fully saturated rings. The van der Waals surface area contributed by atoms with Crippen LogP contribution in [0.25, 0.3) is 11.1 Å². The molecule has 6 heteroatoms. The second-order valence-corrected chi connectivity index (χ2v) is 7.57. The monoisotopic (exact) mass is 397 g/mol. The Bertz CT molecular complexity index is 781. The van der Waals surface area contributed by atoms with Gasteiger partial charge in [0.1, 0.15) is 0 Å². The number of thioether (sulfide) groups is 1. The minimum Gasteiger partial charge on any atom is -0.382 e. The van der Waals surface area contributed by atoms with Crippen LogP contribution in [-0.2, 0) is 0 Å². The van der Waals surface area contributed by atoms with Gasteiger partial charge in [-0.25, -0.2) is 0 Å². The molecule has 0 radical (unpaired) electrons. The van der Waals surface area contributed by atoms with Crippen molar-refractivity contribution in [2.45, 2.75) is 44.4 Å². The van der Waals surface area contributed by atoms with Crippen molar-refractivity contribution in [3.63, 3.8) is 0 Å². The van der Waals surface area contributed by atoms with E-state index in [0.29, 0.717) is 0 Å². The fraction of sp³-hybridized carbons (Fsp3) is 0.409. The van der Waals surface area contributed by atoms with Crippen molar-refractivity contribution in [1.82, 2.24) is 0 Å². The molecule has 0 bridgehead atoms. The van der Waals surface area contributed by atoms with Crippen molar-refractivity contribution in [2.75, 3.05) is 24.2 Å². The molecular weight excluding hydrogens is 366 g/mol. The van der Waals surface area contributed by atoms with Crippen LogP contribution in [0.3, 0.4) is 0 Å². The van der Waals surface area contributed by atoms with E-state index in [0.717, 1.165) is 49.2 Å². The summed E-state index contributed by atoms with van der Waals surface area (Å²) in [6, 6.07) is 14.7. The maximum absolute atomic E-state index is 7.02. The van der Waals surface area contributed by atoms with E-state index < -0.39 is 0 Å². The van der Waals surface area contributed by atoms with Gasteiger partial charge >= 0.3 is 0 Å². The van der Waals surface area contributed by atoms with Crippen LogP contribution in [-0.4, -0.2) is 25.2 Å². The van der Waals surface area contributed by atoms with Gasteiger partial charge in [0.05, 0.1) is 0 Å². The van der Waals surface area contributed by atoms with Crippen molar-refractivity contribution in [2.24, 2.45) is 16.1 Å². The summed E-state index contributed by atoms with van der Waals surface area (Å²) in [6.07, 6.45) is 6.67. The van der Waals surface area contributed by atoms with Gasteiger partial charge in [0.2, 0.25) is 0 Å². The van der Waals surface area contributed by atoms with E-state index in [1.165, 1.54) is 16.8 Å². The molecule has 0 aliphatic carbocycles. The van der Waals surface area contributed by atoms with Crippen LogP contribution >= 0.6 is 11.8 Å². The second kappa shape index (κ2) is 11.5. The van der Waals surface area contributed by atoms with E-state index in [9.17, 15) is 0 Å². The van der Waals surface area contributed by atoms with Crippen molar-refractivity contribution in [3.05, 3.63) is 48.0 Å². The highest BCUT2D eigenvalue weighted by Gasteiger charge is 2.18. The average Bonchev–Trinajstić information content (AvgIpc) is 2.73. The molecule has 0 amide bonds. The van der Waals surface area contributed by atoms with E-state index >= 15 is 0 Å². The number of nitrogens with one attached hydrogen (secondary N) is 1. The third kappa shape index (κ3) is 5.58. The molecule has 0 spiro atoms. The molecule has 5 nitrogen and oxygen atoms in total.